The first-order valence-corrected chi connectivity index (χ1v) is 9.08. The summed E-state index contributed by atoms with van der Waals surface area (Å²) in [5, 5.41) is 6.76. The predicted octanol–water partition coefficient (Wildman–Crippen LogP) is 3.02. The number of hydrogen-bond acceptors (Lipinski definition) is 5. The minimum atomic E-state index is -0.977. The Morgan fingerprint density at radius 1 is 1.07 bits per heavy atom. The molecule has 1 heterocycles. The molecule has 2 aromatic carbocycles. The molecule has 0 radical (unpaired) electrons. The molecule has 28 heavy (non-hydrogen) atoms. The van der Waals surface area contributed by atoms with Crippen molar-refractivity contribution in [3.8, 4) is 5.75 Å². The van der Waals surface area contributed by atoms with Crippen molar-refractivity contribution in [1.82, 2.24) is 10.6 Å². The molecule has 1 aliphatic heterocycles. The molecular weight excluding hydrogens is 400 g/mol. The fourth-order valence-electron chi connectivity index (χ4n) is 2.94. The summed E-state index contributed by atoms with van der Waals surface area (Å²) in [6, 6.07) is 13.4. The van der Waals surface area contributed by atoms with Gasteiger partial charge in [-0.05, 0) is 53.7 Å². The Bertz CT molecular complexity index is 972. The van der Waals surface area contributed by atoms with E-state index in [4.69, 9.17) is 28.6 Å². The van der Waals surface area contributed by atoms with E-state index in [0.29, 0.717) is 32.7 Å². The molecule has 6 nitrogen and oxygen atoms in total. The van der Waals surface area contributed by atoms with Crippen molar-refractivity contribution in [2.45, 2.75) is 6.04 Å². The molecule has 1 atom stereocenters. The van der Waals surface area contributed by atoms with E-state index in [1.54, 1.807) is 55.6 Å². The Balaban J connectivity index is 2.23. The summed E-state index contributed by atoms with van der Waals surface area (Å²) in [7, 11) is 2.72. The van der Waals surface area contributed by atoms with Crippen molar-refractivity contribution < 1.29 is 19.1 Å². The van der Waals surface area contributed by atoms with Crippen LogP contribution in [0.4, 0.5) is 0 Å². The normalized spacial score (nSPS) is 16.1. The number of ketones is 1. The quantitative estimate of drug-likeness (QED) is 0.440. The molecule has 1 aliphatic rings. The SMILES string of the molecule is COC(=O)C(=O)C1=C(c2ccc(OC)cc2)NC(=S)N[C@@H]1c1ccccc1Cl. The molecule has 3 rings (SSSR count). The van der Waals surface area contributed by atoms with Crippen LogP contribution in [0.2, 0.25) is 5.02 Å². The highest BCUT2D eigenvalue weighted by molar-refractivity contribution is 7.80. The summed E-state index contributed by atoms with van der Waals surface area (Å²) in [4.78, 5) is 25.0. The van der Waals surface area contributed by atoms with E-state index in [0.717, 1.165) is 7.11 Å². The van der Waals surface area contributed by atoms with Gasteiger partial charge in [0.15, 0.2) is 5.11 Å². The Hall–Kier alpha value is -2.90. The summed E-state index contributed by atoms with van der Waals surface area (Å²) in [5.41, 5.74) is 1.85. The molecule has 0 amide bonds. The van der Waals surface area contributed by atoms with Gasteiger partial charge in [-0.1, -0.05) is 29.8 Å². The molecule has 0 spiro atoms. The second-order valence-corrected chi connectivity index (χ2v) is 6.71. The van der Waals surface area contributed by atoms with Crippen LogP contribution < -0.4 is 15.4 Å². The fourth-order valence-corrected chi connectivity index (χ4v) is 3.40. The number of Topliss-reactive ketones (excluding diaryl/α,β-unsaturated/α-hetero) is 1. The van der Waals surface area contributed by atoms with Gasteiger partial charge >= 0.3 is 5.97 Å². The van der Waals surface area contributed by atoms with Crippen LogP contribution in [0, 0.1) is 0 Å². The number of hydrogen-bond donors (Lipinski definition) is 2. The van der Waals surface area contributed by atoms with Gasteiger partial charge in [-0.25, -0.2) is 4.79 Å². The first kappa shape index (κ1) is 19.9. The van der Waals surface area contributed by atoms with E-state index in [-0.39, 0.29) is 5.57 Å². The molecule has 144 valence electrons. The van der Waals surface area contributed by atoms with Crippen molar-refractivity contribution in [2.75, 3.05) is 14.2 Å². The lowest BCUT2D eigenvalue weighted by molar-refractivity contribution is -0.150. The van der Waals surface area contributed by atoms with E-state index in [1.165, 1.54) is 0 Å². The van der Waals surface area contributed by atoms with Crippen LogP contribution in [0.3, 0.4) is 0 Å². The Kier molecular flexibility index (Phi) is 5.96. The van der Waals surface area contributed by atoms with Gasteiger partial charge < -0.3 is 20.1 Å². The van der Waals surface area contributed by atoms with Gasteiger partial charge in [0.1, 0.15) is 5.75 Å². The number of carbonyl (C=O) groups excluding carboxylic acids is 2. The molecule has 2 N–H and O–H groups in total. The fraction of sp³-hybridized carbons (Fsp3) is 0.150. The lowest BCUT2D eigenvalue weighted by Crippen LogP contribution is -2.46. The number of methoxy groups -OCH3 is 2. The molecule has 0 saturated heterocycles. The largest absolute Gasteiger partial charge is 0.497 e. The molecule has 0 bridgehead atoms. The highest BCUT2D eigenvalue weighted by atomic mass is 35.5. The second kappa shape index (κ2) is 8.41. The standard InChI is InChI=1S/C20H17ClN2O4S/c1-26-12-9-7-11(8-10-12)16-15(18(24)19(25)27-2)17(23-20(28)22-16)13-5-3-4-6-14(13)21/h3-10,17H,1-2H3,(H2,22,23,28)/t17-/m1/s1. The van der Waals surface area contributed by atoms with Crippen LogP contribution in [-0.2, 0) is 14.3 Å². The lowest BCUT2D eigenvalue weighted by Gasteiger charge is -2.31. The first-order valence-electron chi connectivity index (χ1n) is 8.29. The third-order valence-electron chi connectivity index (χ3n) is 4.28. The zero-order chi connectivity index (χ0) is 20.3. The minimum absolute atomic E-state index is 0.165. The number of carbonyl (C=O) groups is 2. The maximum Gasteiger partial charge on any atom is 0.379 e. The Labute approximate surface area is 172 Å². The first-order chi connectivity index (χ1) is 13.5. The van der Waals surface area contributed by atoms with Gasteiger partial charge in [0.25, 0.3) is 5.78 Å². The molecule has 8 heteroatoms. The maximum atomic E-state index is 12.9. The van der Waals surface area contributed by atoms with E-state index in [1.807, 2.05) is 0 Å². The zero-order valence-electron chi connectivity index (χ0n) is 15.1. The summed E-state index contributed by atoms with van der Waals surface area (Å²) < 4.78 is 9.84. The van der Waals surface area contributed by atoms with Gasteiger partial charge in [-0.3, -0.25) is 4.79 Å². The molecular formula is C20H17ClN2O4S. The number of nitrogens with one attached hydrogen (secondary N) is 2. The van der Waals surface area contributed by atoms with Crippen molar-refractivity contribution in [3.05, 3.63) is 70.3 Å². The number of benzene rings is 2. The van der Waals surface area contributed by atoms with Gasteiger partial charge in [0.05, 0.1) is 31.5 Å². The monoisotopic (exact) mass is 416 g/mol. The molecule has 0 unspecified atom stereocenters. The number of halogens is 1. The average molecular weight is 417 g/mol. The number of ether oxygens (including phenoxy) is 2. The predicted molar refractivity (Wildman–Crippen MR) is 110 cm³/mol. The third-order valence-corrected chi connectivity index (χ3v) is 4.85. The summed E-state index contributed by atoms with van der Waals surface area (Å²) in [5.74, 6) is -1.11. The van der Waals surface area contributed by atoms with E-state index in [2.05, 4.69) is 15.4 Å². The molecule has 0 saturated carbocycles. The highest BCUT2D eigenvalue weighted by Gasteiger charge is 2.36. The van der Waals surface area contributed by atoms with E-state index in [9.17, 15) is 9.59 Å². The van der Waals surface area contributed by atoms with E-state index >= 15 is 0 Å². The Morgan fingerprint density at radius 2 is 1.75 bits per heavy atom. The smallest absolute Gasteiger partial charge is 0.379 e. The van der Waals surface area contributed by atoms with Crippen LogP contribution in [0.25, 0.3) is 5.70 Å². The number of thiocarbonyl (C=S) groups is 1. The van der Waals surface area contributed by atoms with Gasteiger partial charge in [-0.15, -0.1) is 0 Å². The minimum Gasteiger partial charge on any atom is -0.497 e. The van der Waals surface area contributed by atoms with Crippen LogP contribution in [-0.4, -0.2) is 31.1 Å². The van der Waals surface area contributed by atoms with Crippen LogP contribution in [0.15, 0.2) is 54.1 Å². The maximum absolute atomic E-state index is 12.9. The van der Waals surface area contributed by atoms with Gasteiger partial charge in [-0.2, -0.15) is 0 Å². The third kappa shape index (κ3) is 3.85. The van der Waals surface area contributed by atoms with Crippen LogP contribution in [0.1, 0.15) is 17.2 Å². The molecule has 0 aliphatic carbocycles. The van der Waals surface area contributed by atoms with E-state index < -0.39 is 17.8 Å². The molecule has 0 aromatic heterocycles. The van der Waals surface area contributed by atoms with Gasteiger partial charge in [0.2, 0.25) is 0 Å². The van der Waals surface area contributed by atoms with Crippen LogP contribution >= 0.6 is 23.8 Å². The zero-order valence-corrected chi connectivity index (χ0v) is 16.7. The summed E-state index contributed by atoms with van der Waals surface area (Å²) in [6.07, 6.45) is 0. The van der Waals surface area contributed by atoms with Crippen molar-refractivity contribution in [1.29, 1.82) is 0 Å². The van der Waals surface area contributed by atoms with Crippen molar-refractivity contribution in [2.24, 2.45) is 0 Å². The second-order valence-electron chi connectivity index (χ2n) is 5.89. The van der Waals surface area contributed by atoms with Crippen molar-refractivity contribution in [3.63, 3.8) is 0 Å². The van der Waals surface area contributed by atoms with Crippen molar-refractivity contribution >= 4 is 46.4 Å². The average Bonchev–Trinajstić information content (AvgIpc) is 2.72. The lowest BCUT2D eigenvalue weighted by atomic mass is 9.90. The topological polar surface area (TPSA) is 76.7 Å². The van der Waals surface area contributed by atoms with Crippen LogP contribution in [0.5, 0.6) is 5.75 Å². The number of esters is 1. The van der Waals surface area contributed by atoms with Gasteiger partial charge in [0, 0.05) is 5.02 Å². The molecule has 2 aromatic rings. The Morgan fingerprint density at radius 3 is 2.36 bits per heavy atom. The highest BCUT2D eigenvalue weighted by Crippen LogP contribution is 2.35. The summed E-state index contributed by atoms with van der Waals surface area (Å²) in [6.45, 7) is 0. The number of rotatable bonds is 5. The summed E-state index contributed by atoms with van der Waals surface area (Å²) >= 11 is 11.7. The molecule has 0 fully saturated rings.